The topological polar surface area (TPSA) is 381 Å². The molecule has 0 aromatic heterocycles. The molecule has 0 bridgehead atoms. The van der Waals surface area contributed by atoms with Crippen molar-refractivity contribution in [3.63, 3.8) is 0 Å². The first kappa shape index (κ1) is 64.8. The number of rotatable bonds is 7. The highest BCUT2D eigenvalue weighted by molar-refractivity contribution is 5.73. The van der Waals surface area contributed by atoms with Crippen LogP contribution in [0.25, 0.3) is 0 Å². The molecule has 0 aliphatic carbocycles. The standard InChI is InChI=1S/C51H81N3O19/c1-31-17-15-13-11-9-7-5-6-8-10-12-14-16-18-39(72-49-48(66)45(52)47(65)34(4)71-49)20-21-41(53-50(67)54-73-40(29-56)30-57)43(62)27-51(68,69)26-38(60)23-35(28-55)42(61)22-19-36(58)24-37(59)25-44(63)70-33(3)32(2)46(31)64/h5-18,31-34,36-43,45-49,56-62,64-66,68-69H,19-27,29-30,52H2,1-4H3,(H2,53,54,67)/b6-5-,9-7-,10-8-,13-11-,14-12-,17-15-,18-16-/t31-,32-,33-,34+,36+,37+,38-,39-,41-,42+,43-,45-,46+,47+,48-,49-/m0/s1. The van der Waals surface area contributed by atoms with E-state index in [-0.39, 0.29) is 38.0 Å². The van der Waals surface area contributed by atoms with Gasteiger partial charge in [-0.2, -0.15) is 0 Å². The first-order valence-corrected chi connectivity index (χ1v) is 24.5. The summed E-state index contributed by atoms with van der Waals surface area (Å²) in [6.45, 7) is 5.34. The van der Waals surface area contributed by atoms with Crippen LogP contribution in [0, 0.1) is 11.8 Å². The van der Waals surface area contributed by atoms with Gasteiger partial charge >= 0.3 is 12.0 Å². The van der Waals surface area contributed by atoms with Crippen molar-refractivity contribution in [3.8, 4) is 0 Å². The van der Waals surface area contributed by atoms with E-state index in [1.807, 2.05) is 12.4 Å². The lowest BCUT2D eigenvalue weighted by atomic mass is 9.89. The number of hydroxylamine groups is 1. The summed E-state index contributed by atoms with van der Waals surface area (Å²) < 4.78 is 17.3. The van der Waals surface area contributed by atoms with Crippen molar-refractivity contribution >= 4 is 17.9 Å². The molecule has 0 radical (unpaired) electrons. The highest BCUT2D eigenvalue weighted by atomic mass is 16.7. The van der Waals surface area contributed by atoms with Gasteiger partial charge in [-0.05, 0) is 46.0 Å². The molecule has 2 aliphatic heterocycles. The second-order valence-electron chi connectivity index (χ2n) is 18.7. The number of aliphatic hydroxyl groups is 12. The number of esters is 1. The first-order valence-electron chi connectivity index (χ1n) is 24.5. The van der Waals surface area contributed by atoms with Crippen LogP contribution in [0.1, 0.15) is 85.5 Å². The Morgan fingerprint density at radius 1 is 0.740 bits per heavy atom. The van der Waals surface area contributed by atoms with E-state index in [4.69, 9.17) is 24.8 Å². The van der Waals surface area contributed by atoms with Crippen LogP contribution in [-0.2, 0) is 28.6 Å². The SMILES string of the molecule is C[C@@H]1[C@H](O)[C@@H](C)\C=C/C=C\C=C/C=C\C=C/C=C\C=C/[C@H](O[C@@H]2O[C@H](C)[C@@H](O)[C@H](N)[C@@H]2O)CC[C@H](NC(=O)NOC(CO)CO)[C@@H](O)CC(O)(O)C[C@@H](O)CC(=C=O)[C@H](O)CC[C@@H](O)C[C@@H](O)CC(=O)O[C@H]1C. The van der Waals surface area contributed by atoms with Gasteiger partial charge in [-0.25, -0.2) is 15.1 Å². The van der Waals surface area contributed by atoms with Gasteiger partial charge in [0.2, 0.25) is 0 Å². The van der Waals surface area contributed by atoms with E-state index in [1.165, 1.54) is 12.9 Å². The van der Waals surface area contributed by atoms with Crippen LogP contribution in [-0.4, -0.2) is 190 Å². The summed E-state index contributed by atoms with van der Waals surface area (Å²) in [5.74, 6) is -2.91. The highest BCUT2D eigenvalue weighted by Crippen LogP contribution is 2.27. The predicted octanol–water partition coefficient (Wildman–Crippen LogP) is -0.656. The third-order valence-corrected chi connectivity index (χ3v) is 12.4. The largest absolute Gasteiger partial charge is 0.462 e. The number of nitrogens with two attached hydrogens (primary N) is 1. The van der Waals surface area contributed by atoms with Crippen LogP contribution < -0.4 is 16.5 Å². The molecule has 73 heavy (non-hydrogen) atoms. The summed E-state index contributed by atoms with van der Waals surface area (Å²) in [6, 6.07) is -3.58. The van der Waals surface area contributed by atoms with Gasteiger partial charge in [-0.1, -0.05) is 98.9 Å². The second kappa shape index (κ2) is 34.3. The average molecular weight is 1040 g/mol. The number of aliphatic hydroxyl groups excluding tert-OH is 10. The zero-order chi connectivity index (χ0) is 54.7. The summed E-state index contributed by atoms with van der Waals surface area (Å²) in [5.41, 5.74) is 7.62. The number of hydrogen-bond donors (Lipinski definition) is 15. The fourth-order valence-electron chi connectivity index (χ4n) is 7.78. The van der Waals surface area contributed by atoms with Crippen LogP contribution >= 0.6 is 0 Å². The van der Waals surface area contributed by atoms with Crippen LogP contribution in [0.5, 0.6) is 0 Å². The molecule has 2 heterocycles. The summed E-state index contributed by atoms with van der Waals surface area (Å²) in [4.78, 5) is 42.5. The number of carbonyl (C=O) groups excluding carboxylic acids is 3. The van der Waals surface area contributed by atoms with Crippen LogP contribution in [0.3, 0.4) is 0 Å². The molecular formula is C51H81N3O19. The molecule has 16 N–H and O–H groups in total. The maximum atomic E-state index is 13.0. The summed E-state index contributed by atoms with van der Waals surface area (Å²) in [6.07, 6.45) is 4.15. The Hall–Kier alpha value is -4.27. The molecule has 0 aromatic rings. The van der Waals surface area contributed by atoms with Gasteiger partial charge in [0.05, 0.1) is 86.7 Å². The van der Waals surface area contributed by atoms with Gasteiger partial charge in [-0.3, -0.25) is 9.63 Å². The number of ether oxygens (including phenoxy) is 3. The third kappa shape index (κ3) is 25.2. The fraction of sp³-hybridized carbons (Fsp3) is 0.647. The second-order valence-corrected chi connectivity index (χ2v) is 18.7. The zero-order valence-corrected chi connectivity index (χ0v) is 42.0. The number of cyclic esters (lactones) is 1. The Labute approximate surface area is 426 Å². The number of carbonyl (C=O) groups is 2. The minimum absolute atomic E-state index is 0.0610. The normalized spacial score (nSPS) is 37.9. The van der Waals surface area contributed by atoms with Crippen molar-refractivity contribution in [2.75, 3.05) is 13.2 Å². The smallest absolute Gasteiger partial charge is 0.339 e. The number of hydrogen-bond acceptors (Lipinski definition) is 20. The maximum absolute atomic E-state index is 13.0. The Balaban J connectivity index is 2.44. The highest BCUT2D eigenvalue weighted by Gasteiger charge is 2.42. The van der Waals surface area contributed by atoms with Crippen LogP contribution in [0.2, 0.25) is 0 Å². The van der Waals surface area contributed by atoms with Crippen molar-refractivity contribution in [2.24, 2.45) is 17.6 Å². The zero-order valence-electron chi connectivity index (χ0n) is 42.0. The van der Waals surface area contributed by atoms with Crippen LogP contribution in [0.4, 0.5) is 4.79 Å². The monoisotopic (exact) mass is 1040 g/mol. The minimum Gasteiger partial charge on any atom is -0.462 e. The van der Waals surface area contributed by atoms with Crippen LogP contribution in [0.15, 0.2) is 90.6 Å². The van der Waals surface area contributed by atoms with E-state index in [2.05, 4.69) is 5.32 Å². The van der Waals surface area contributed by atoms with Gasteiger partial charge in [-0.15, -0.1) is 0 Å². The molecule has 22 heteroatoms. The lowest BCUT2D eigenvalue weighted by molar-refractivity contribution is -0.276. The molecule has 1 fully saturated rings. The van der Waals surface area contributed by atoms with Gasteiger partial charge in [0.1, 0.15) is 24.3 Å². The van der Waals surface area contributed by atoms with E-state index in [0.717, 1.165) is 0 Å². The molecule has 2 rings (SSSR count). The Morgan fingerprint density at radius 3 is 1.89 bits per heavy atom. The number of allylic oxidation sites excluding steroid dienone is 12. The molecule has 16 atom stereocenters. The average Bonchev–Trinajstić information content (AvgIpc) is 3.33. The van der Waals surface area contributed by atoms with Gasteiger partial charge in [0, 0.05) is 36.7 Å². The van der Waals surface area contributed by atoms with E-state index in [0.29, 0.717) is 0 Å². The first-order chi connectivity index (χ1) is 34.5. The van der Waals surface area contributed by atoms with E-state index < -0.39 is 160 Å². The Kier molecular flexibility index (Phi) is 30.5. The lowest BCUT2D eigenvalue weighted by Gasteiger charge is -2.40. The molecule has 2 aliphatic rings. The molecule has 0 unspecified atom stereocenters. The molecule has 0 spiro atoms. The summed E-state index contributed by atoms with van der Waals surface area (Å²) in [5, 5.41) is 130. The fourth-order valence-corrected chi connectivity index (χ4v) is 7.78. The summed E-state index contributed by atoms with van der Waals surface area (Å²) in [7, 11) is 0. The molecule has 0 aromatic carbocycles. The van der Waals surface area contributed by atoms with Crippen molar-refractivity contribution in [1.82, 2.24) is 10.8 Å². The van der Waals surface area contributed by atoms with Gasteiger partial charge in [0.25, 0.3) is 0 Å². The molecule has 2 amide bonds. The van der Waals surface area contributed by atoms with Gasteiger partial charge < -0.3 is 86.5 Å². The Bertz CT molecular complexity index is 1880. The maximum Gasteiger partial charge on any atom is 0.339 e. The van der Waals surface area contributed by atoms with Crippen molar-refractivity contribution in [3.05, 3.63) is 90.6 Å². The summed E-state index contributed by atoms with van der Waals surface area (Å²) >= 11 is 0. The third-order valence-electron chi connectivity index (χ3n) is 12.4. The van der Waals surface area contributed by atoms with Crippen molar-refractivity contribution in [1.29, 1.82) is 0 Å². The number of nitrogens with one attached hydrogen (secondary N) is 2. The Morgan fingerprint density at radius 2 is 1.32 bits per heavy atom. The molecule has 1 saturated heterocycles. The van der Waals surface area contributed by atoms with Gasteiger partial charge in [0.15, 0.2) is 12.1 Å². The number of amides is 2. The number of urea groups is 1. The molecule has 0 saturated carbocycles. The van der Waals surface area contributed by atoms with E-state index in [9.17, 15) is 75.7 Å². The van der Waals surface area contributed by atoms with Crippen molar-refractivity contribution < 1.29 is 94.7 Å². The van der Waals surface area contributed by atoms with E-state index in [1.54, 1.807) is 98.9 Å². The lowest BCUT2D eigenvalue weighted by Crippen LogP contribution is -2.61. The molecule has 22 nitrogen and oxygen atoms in total. The minimum atomic E-state index is -2.87. The quantitative estimate of drug-likeness (QED) is 0.0652. The van der Waals surface area contributed by atoms with Crippen molar-refractivity contribution in [2.45, 2.75) is 183 Å². The molecule has 414 valence electrons. The van der Waals surface area contributed by atoms with E-state index >= 15 is 0 Å². The predicted molar refractivity (Wildman–Crippen MR) is 266 cm³/mol. The molecular weight excluding hydrogens is 959 g/mol.